The Kier molecular flexibility index (Phi) is 9.71. The third-order valence-corrected chi connectivity index (χ3v) is 4.47. The molecule has 0 amide bonds. The Morgan fingerprint density at radius 1 is 1.31 bits per heavy atom. The summed E-state index contributed by atoms with van der Waals surface area (Å²) in [7, 11) is 5.30. The lowest BCUT2D eigenvalue weighted by Gasteiger charge is -2.21. The number of aryl methyl sites for hydroxylation is 1. The van der Waals surface area contributed by atoms with E-state index in [0.29, 0.717) is 18.8 Å². The first-order chi connectivity index (χ1) is 12.1. The van der Waals surface area contributed by atoms with Crippen LogP contribution in [-0.4, -0.2) is 43.7 Å². The highest BCUT2D eigenvalue weighted by Crippen LogP contribution is 2.31. The molecule has 0 fully saturated rings. The first kappa shape index (κ1) is 22.5. The highest BCUT2D eigenvalue weighted by atomic mass is 127. The van der Waals surface area contributed by atoms with Crippen LogP contribution >= 0.6 is 35.3 Å². The van der Waals surface area contributed by atoms with E-state index in [2.05, 4.69) is 27.5 Å². The standard InChI is InChI=1S/C18H26N4O2S.HI/c1-6-19-18(22(3)11-15-12-25-13(2)21-15)20-10-14-8-7-9-16(23-4)17(14)24-5;/h7-9,12H,6,10-11H2,1-5H3,(H,19,20);1H. The molecule has 2 aromatic rings. The Morgan fingerprint density at radius 3 is 2.65 bits per heavy atom. The van der Waals surface area contributed by atoms with Gasteiger partial charge in [-0.2, -0.15) is 0 Å². The fourth-order valence-corrected chi connectivity index (χ4v) is 3.11. The van der Waals surface area contributed by atoms with Crippen molar-refractivity contribution >= 4 is 41.3 Å². The Bertz CT molecular complexity index is 721. The Hall–Kier alpha value is -1.55. The van der Waals surface area contributed by atoms with Gasteiger partial charge in [-0.05, 0) is 19.9 Å². The van der Waals surface area contributed by atoms with Crippen molar-refractivity contribution in [2.45, 2.75) is 26.9 Å². The van der Waals surface area contributed by atoms with E-state index in [1.54, 1.807) is 25.6 Å². The summed E-state index contributed by atoms with van der Waals surface area (Å²) in [6.07, 6.45) is 0. The second-order valence-electron chi connectivity index (χ2n) is 5.54. The zero-order chi connectivity index (χ0) is 18.2. The van der Waals surface area contributed by atoms with Gasteiger partial charge in [-0.3, -0.25) is 0 Å². The van der Waals surface area contributed by atoms with Gasteiger partial charge in [0, 0.05) is 24.5 Å². The van der Waals surface area contributed by atoms with Crippen LogP contribution in [-0.2, 0) is 13.1 Å². The highest BCUT2D eigenvalue weighted by Gasteiger charge is 2.11. The predicted molar refractivity (Wildman–Crippen MR) is 118 cm³/mol. The van der Waals surface area contributed by atoms with Crippen molar-refractivity contribution in [2.75, 3.05) is 27.8 Å². The summed E-state index contributed by atoms with van der Waals surface area (Å²) in [6, 6.07) is 5.83. The van der Waals surface area contributed by atoms with Crippen molar-refractivity contribution in [3.8, 4) is 11.5 Å². The molecule has 0 aliphatic heterocycles. The van der Waals surface area contributed by atoms with E-state index >= 15 is 0 Å². The van der Waals surface area contributed by atoms with Crippen molar-refractivity contribution in [1.82, 2.24) is 15.2 Å². The van der Waals surface area contributed by atoms with Crippen molar-refractivity contribution in [3.63, 3.8) is 0 Å². The number of aliphatic imine (C=N–C) groups is 1. The lowest BCUT2D eigenvalue weighted by molar-refractivity contribution is 0.351. The number of methoxy groups -OCH3 is 2. The average molecular weight is 490 g/mol. The van der Waals surface area contributed by atoms with Crippen molar-refractivity contribution < 1.29 is 9.47 Å². The lowest BCUT2D eigenvalue weighted by atomic mass is 10.2. The number of benzene rings is 1. The van der Waals surface area contributed by atoms with E-state index < -0.39 is 0 Å². The zero-order valence-electron chi connectivity index (χ0n) is 15.9. The molecule has 8 heteroatoms. The van der Waals surface area contributed by atoms with Crippen molar-refractivity contribution in [2.24, 2.45) is 4.99 Å². The van der Waals surface area contributed by atoms with Crippen LogP contribution in [0.1, 0.15) is 23.2 Å². The topological polar surface area (TPSA) is 59.0 Å². The minimum atomic E-state index is 0. The fourth-order valence-electron chi connectivity index (χ4n) is 2.51. The Morgan fingerprint density at radius 2 is 2.08 bits per heavy atom. The van der Waals surface area contributed by atoms with Gasteiger partial charge in [-0.1, -0.05) is 12.1 Å². The minimum absolute atomic E-state index is 0. The van der Waals surface area contributed by atoms with Crippen LogP contribution in [0.3, 0.4) is 0 Å². The van der Waals surface area contributed by atoms with E-state index in [1.165, 1.54) is 0 Å². The summed E-state index contributed by atoms with van der Waals surface area (Å²) in [5.41, 5.74) is 2.03. The molecule has 1 heterocycles. The van der Waals surface area contributed by atoms with Gasteiger partial charge < -0.3 is 19.7 Å². The molecule has 144 valence electrons. The number of hydrogen-bond acceptors (Lipinski definition) is 5. The van der Waals surface area contributed by atoms with Crippen LogP contribution in [0.5, 0.6) is 11.5 Å². The van der Waals surface area contributed by atoms with Gasteiger partial charge in [-0.15, -0.1) is 35.3 Å². The maximum absolute atomic E-state index is 5.48. The second-order valence-corrected chi connectivity index (χ2v) is 6.60. The third kappa shape index (κ3) is 6.01. The van der Waals surface area contributed by atoms with E-state index in [-0.39, 0.29) is 24.0 Å². The first-order valence-electron chi connectivity index (χ1n) is 8.19. The van der Waals surface area contributed by atoms with Gasteiger partial charge in [0.15, 0.2) is 17.5 Å². The van der Waals surface area contributed by atoms with Gasteiger partial charge in [0.05, 0.1) is 38.0 Å². The number of guanidine groups is 1. The third-order valence-electron chi connectivity index (χ3n) is 3.65. The van der Waals surface area contributed by atoms with Crippen LogP contribution < -0.4 is 14.8 Å². The molecule has 0 spiro atoms. The summed E-state index contributed by atoms with van der Waals surface area (Å²) >= 11 is 1.66. The van der Waals surface area contributed by atoms with Crippen LogP contribution in [0.25, 0.3) is 0 Å². The maximum Gasteiger partial charge on any atom is 0.194 e. The van der Waals surface area contributed by atoms with Crippen molar-refractivity contribution in [1.29, 1.82) is 0 Å². The average Bonchev–Trinajstić information content (AvgIpc) is 3.02. The molecule has 2 rings (SSSR count). The molecule has 0 saturated heterocycles. The molecule has 0 unspecified atom stereocenters. The van der Waals surface area contributed by atoms with E-state index in [1.807, 2.05) is 32.2 Å². The number of halogens is 1. The molecular weight excluding hydrogens is 463 g/mol. The molecule has 1 aromatic carbocycles. The van der Waals surface area contributed by atoms with Gasteiger partial charge in [-0.25, -0.2) is 9.98 Å². The number of aromatic nitrogens is 1. The van der Waals surface area contributed by atoms with Gasteiger partial charge in [0.2, 0.25) is 0 Å². The maximum atomic E-state index is 5.48. The van der Waals surface area contributed by atoms with Crippen molar-refractivity contribution in [3.05, 3.63) is 39.8 Å². The van der Waals surface area contributed by atoms with Gasteiger partial charge in [0.1, 0.15) is 0 Å². The molecule has 6 nitrogen and oxygen atoms in total. The first-order valence-corrected chi connectivity index (χ1v) is 9.07. The summed E-state index contributed by atoms with van der Waals surface area (Å²) < 4.78 is 10.8. The van der Waals surface area contributed by atoms with Gasteiger partial charge >= 0.3 is 0 Å². The van der Waals surface area contributed by atoms with E-state index in [9.17, 15) is 0 Å². The normalized spacial score (nSPS) is 10.9. The molecule has 0 radical (unpaired) electrons. The number of thiazole rings is 1. The number of nitrogens with one attached hydrogen (secondary N) is 1. The molecule has 26 heavy (non-hydrogen) atoms. The monoisotopic (exact) mass is 490 g/mol. The quantitative estimate of drug-likeness (QED) is 0.365. The van der Waals surface area contributed by atoms with Crippen LogP contribution in [0.15, 0.2) is 28.6 Å². The molecule has 0 bridgehead atoms. The molecular formula is C18H27IN4O2S. The highest BCUT2D eigenvalue weighted by molar-refractivity contribution is 14.0. The van der Waals surface area contributed by atoms with Gasteiger partial charge in [0.25, 0.3) is 0 Å². The van der Waals surface area contributed by atoms with E-state index in [0.717, 1.165) is 34.5 Å². The lowest BCUT2D eigenvalue weighted by Crippen LogP contribution is -2.38. The van der Waals surface area contributed by atoms with Crippen LogP contribution in [0.2, 0.25) is 0 Å². The Labute approximate surface area is 176 Å². The molecule has 0 aliphatic rings. The number of ether oxygens (including phenoxy) is 2. The summed E-state index contributed by atoms with van der Waals surface area (Å²) in [6.45, 7) is 6.09. The van der Waals surface area contributed by atoms with Crippen LogP contribution in [0.4, 0.5) is 0 Å². The summed E-state index contributed by atoms with van der Waals surface area (Å²) in [5.74, 6) is 2.27. The smallest absolute Gasteiger partial charge is 0.194 e. The zero-order valence-corrected chi connectivity index (χ0v) is 19.1. The molecule has 0 atom stereocenters. The summed E-state index contributed by atoms with van der Waals surface area (Å²) in [4.78, 5) is 11.3. The predicted octanol–water partition coefficient (Wildman–Crippen LogP) is 3.68. The second kappa shape index (κ2) is 11.2. The summed E-state index contributed by atoms with van der Waals surface area (Å²) in [5, 5.41) is 6.48. The molecule has 1 aromatic heterocycles. The largest absolute Gasteiger partial charge is 0.493 e. The molecule has 0 saturated carbocycles. The van der Waals surface area contributed by atoms with E-state index in [4.69, 9.17) is 14.5 Å². The Balaban J connectivity index is 0.00000338. The van der Waals surface area contributed by atoms with Crippen LogP contribution in [0, 0.1) is 6.92 Å². The number of nitrogens with zero attached hydrogens (tertiary/aromatic N) is 3. The number of hydrogen-bond donors (Lipinski definition) is 1. The number of para-hydroxylation sites is 1. The fraction of sp³-hybridized carbons (Fsp3) is 0.444. The number of rotatable bonds is 7. The SMILES string of the molecule is CCNC(=NCc1cccc(OC)c1OC)N(C)Cc1csc(C)n1.I. The molecule has 0 aliphatic carbocycles. The molecule has 1 N–H and O–H groups in total. The minimum Gasteiger partial charge on any atom is -0.493 e.